The Balaban J connectivity index is 1.53. The molecule has 0 aliphatic carbocycles. The molecule has 2 aliphatic rings. The van der Waals surface area contributed by atoms with Gasteiger partial charge in [-0.05, 0) is 26.2 Å². The molecule has 1 aromatic carbocycles. The number of carbonyl (C=O) groups excluding carboxylic acids is 3. The Labute approximate surface area is 263 Å². The predicted octanol–water partition coefficient (Wildman–Crippen LogP) is 2.42. The molecule has 2 aliphatic heterocycles. The highest BCUT2D eigenvalue weighted by Crippen LogP contribution is 2.35. The predicted molar refractivity (Wildman–Crippen MR) is 167 cm³/mol. The normalized spacial score (nSPS) is 17.7. The number of piperazine rings is 1. The number of hydrogen-bond acceptors (Lipinski definition) is 9. The van der Waals surface area contributed by atoms with Crippen molar-refractivity contribution >= 4 is 31.3 Å². The quantitative estimate of drug-likeness (QED) is 0.228. The van der Waals surface area contributed by atoms with Gasteiger partial charge in [0.15, 0.2) is 5.82 Å². The van der Waals surface area contributed by atoms with E-state index in [1.807, 2.05) is 43.0 Å². The maximum Gasteiger partial charge on any atom is 0.409 e. The molecule has 14 nitrogen and oxygen atoms in total. The van der Waals surface area contributed by atoms with E-state index in [4.69, 9.17) is 14.5 Å². The van der Waals surface area contributed by atoms with Crippen molar-refractivity contribution in [2.45, 2.75) is 51.7 Å². The van der Waals surface area contributed by atoms with Crippen LogP contribution in [0.5, 0.6) is 0 Å². The molecule has 0 bridgehead atoms. The molecule has 0 unspecified atom stereocenters. The molecule has 3 N–H and O–H groups in total. The lowest BCUT2D eigenvalue weighted by Gasteiger charge is -2.36. The van der Waals surface area contributed by atoms with Gasteiger partial charge in [-0.2, -0.15) is 0 Å². The van der Waals surface area contributed by atoms with Crippen molar-refractivity contribution in [1.82, 2.24) is 25.1 Å². The van der Waals surface area contributed by atoms with Crippen LogP contribution in [0.2, 0.25) is 0 Å². The highest BCUT2D eigenvalue weighted by molar-refractivity contribution is 7.51. The Hall–Kier alpha value is -3.58. The summed E-state index contributed by atoms with van der Waals surface area (Å²) in [4.78, 5) is 73.0. The molecule has 2 aromatic rings. The smallest absolute Gasteiger partial charge is 0.409 e. The second-order valence-electron chi connectivity index (χ2n) is 11.4. The Morgan fingerprint density at radius 1 is 1.07 bits per heavy atom. The number of aromatic nitrogens is 2. The summed E-state index contributed by atoms with van der Waals surface area (Å²) in [6.07, 6.45) is 1.16. The van der Waals surface area contributed by atoms with Crippen LogP contribution in [0.25, 0.3) is 11.4 Å². The third-order valence-corrected chi connectivity index (χ3v) is 8.78. The lowest BCUT2D eigenvalue weighted by atomic mass is 10.1. The fourth-order valence-electron chi connectivity index (χ4n) is 5.18. The number of carbonyl (C=O) groups is 3. The molecule has 0 spiro atoms. The van der Waals surface area contributed by atoms with Crippen molar-refractivity contribution < 1.29 is 38.2 Å². The van der Waals surface area contributed by atoms with Crippen LogP contribution in [-0.2, 0) is 18.8 Å². The van der Waals surface area contributed by atoms with Crippen molar-refractivity contribution in [3.8, 4) is 11.4 Å². The van der Waals surface area contributed by atoms with Gasteiger partial charge in [0.1, 0.15) is 17.6 Å². The van der Waals surface area contributed by atoms with Gasteiger partial charge in [0, 0.05) is 58.0 Å². The number of hydrogen-bond donors (Lipinski definition) is 3. The molecule has 246 valence electrons. The van der Waals surface area contributed by atoms with Crippen LogP contribution >= 0.6 is 7.60 Å². The third kappa shape index (κ3) is 9.70. The van der Waals surface area contributed by atoms with Crippen molar-refractivity contribution in [2.24, 2.45) is 0 Å². The van der Waals surface area contributed by atoms with E-state index in [0.29, 0.717) is 36.9 Å². The molecular formula is C30H43N6O8P. The van der Waals surface area contributed by atoms with Crippen LogP contribution in [0.1, 0.15) is 48.7 Å². The lowest BCUT2D eigenvalue weighted by Crippen LogP contribution is -2.56. The van der Waals surface area contributed by atoms with E-state index in [2.05, 4.69) is 10.3 Å². The van der Waals surface area contributed by atoms with E-state index in [9.17, 15) is 28.7 Å². The van der Waals surface area contributed by atoms with Gasteiger partial charge in [-0.15, -0.1) is 0 Å². The average molecular weight is 647 g/mol. The maximum absolute atomic E-state index is 13.7. The standard InChI is InChI=1S/C30H43N6O8P/c1-4-5-17-44-30(39)35-15-13-34(14-16-35)29(38)24(11-18-45(40,41)42)32-28(37)25-19-26(36-12-10-23(20-36)43-3)33-27(31-25)22-8-6-21(2)7-9-22/h6-9,19,23-24H,4-5,10-18,20H2,1-3H3,(H,32,37)(H2,40,41,42)/t23-,24-/m0/s1. The maximum atomic E-state index is 13.7. The number of rotatable bonds is 12. The zero-order chi connectivity index (χ0) is 32.6. The van der Waals surface area contributed by atoms with Crippen molar-refractivity contribution in [2.75, 3.05) is 64.0 Å². The summed E-state index contributed by atoms with van der Waals surface area (Å²) in [6.45, 7) is 6.40. The summed E-state index contributed by atoms with van der Waals surface area (Å²) < 4.78 is 22.5. The summed E-state index contributed by atoms with van der Waals surface area (Å²) in [5.41, 5.74) is 1.78. The largest absolute Gasteiger partial charge is 0.449 e. The summed E-state index contributed by atoms with van der Waals surface area (Å²) in [7, 11) is -2.82. The van der Waals surface area contributed by atoms with E-state index < -0.39 is 37.7 Å². The molecular weight excluding hydrogens is 603 g/mol. The molecule has 0 saturated carbocycles. The molecule has 4 rings (SSSR count). The number of aryl methyl sites for hydroxylation is 1. The van der Waals surface area contributed by atoms with Crippen molar-refractivity contribution in [3.05, 3.63) is 41.6 Å². The molecule has 3 heterocycles. The Kier molecular flexibility index (Phi) is 11.9. The van der Waals surface area contributed by atoms with Crippen LogP contribution in [0.3, 0.4) is 0 Å². The van der Waals surface area contributed by atoms with Crippen molar-refractivity contribution in [1.29, 1.82) is 0 Å². The molecule has 1 aromatic heterocycles. The first-order valence-electron chi connectivity index (χ1n) is 15.3. The third-order valence-electron chi connectivity index (χ3n) is 7.94. The first-order chi connectivity index (χ1) is 21.5. The Morgan fingerprint density at radius 3 is 2.38 bits per heavy atom. The van der Waals surface area contributed by atoms with Gasteiger partial charge in [0.25, 0.3) is 5.91 Å². The van der Waals surface area contributed by atoms with E-state index >= 15 is 0 Å². The van der Waals surface area contributed by atoms with E-state index in [1.54, 1.807) is 13.2 Å². The number of benzene rings is 1. The van der Waals surface area contributed by atoms with Gasteiger partial charge in [0.2, 0.25) is 5.91 Å². The summed E-state index contributed by atoms with van der Waals surface area (Å²) >= 11 is 0. The van der Waals surface area contributed by atoms with Gasteiger partial charge in [-0.25, -0.2) is 14.8 Å². The SMILES string of the molecule is CCCCOC(=O)N1CCN(C(=O)[C@H](CCP(=O)(O)O)NC(=O)c2cc(N3CC[C@H](OC)C3)nc(-c3ccc(C)cc3)n2)CC1. The highest BCUT2D eigenvalue weighted by atomic mass is 31.2. The number of ether oxygens (including phenoxy) is 2. The number of nitrogens with one attached hydrogen (secondary N) is 1. The topological polar surface area (TPSA) is 175 Å². The molecule has 45 heavy (non-hydrogen) atoms. The fourth-order valence-corrected chi connectivity index (χ4v) is 5.78. The first kappa shape index (κ1) is 34.3. The minimum Gasteiger partial charge on any atom is -0.449 e. The number of methoxy groups -OCH3 is 1. The Bertz CT molecular complexity index is 1380. The molecule has 0 radical (unpaired) electrons. The average Bonchev–Trinajstić information content (AvgIpc) is 3.52. The number of nitrogens with zero attached hydrogens (tertiary/aromatic N) is 5. The van der Waals surface area contributed by atoms with Crippen LogP contribution in [0.15, 0.2) is 30.3 Å². The van der Waals surface area contributed by atoms with Gasteiger partial charge in [0.05, 0.1) is 18.9 Å². The van der Waals surface area contributed by atoms with Gasteiger partial charge < -0.3 is 39.3 Å². The minimum atomic E-state index is -4.47. The van der Waals surface area contributed by atoms with Crippen molar-refractivity contribution in [3.63, 3.8) is 0 Å². The summed E-state index contributed by atoms with van der Waals surface area (Å²) in [5.74, 6) is -0.299. The summed E-state index contributed by atoms with van der Waals surface area (Å²) in [5, 5.41) is 2.68. The number of amides is 3. The van der Waals surface area contributed by atoms with Crippen LogP contribution in [-0.4, -0.2) is 119 Å². The molecule has 2 atom stereocenters. The number of unbranched alkanes of at least 4 members (excludes halogenated alkanes) is 1. The van der Waals surface area contributed by atoms with Gasteiger partial charge in [-0.1, -0.05) is 43.2 Å². The second-order valence-corrected chi connectivity index (χ2v) is 13.2. The zero-order valence-electron chi connectivity index (χ0n) is 26.1. The van der Waals surface area contributed by atoms with Crippen LogP contribution in [0, 0.1) is 6.92 Å². The Morgan fingerprint density at radius 2 is 1.76 bits per heavy atom. The van der Waals surface area contributed by atoms with E-state index in [1.165, 1.54) is 9.80 Å². The molecule has 2 fully saturated rings. The molecule has 3 amide bonds. The van der Waals surface area contributed by atoms with Crippen LogP contribution in [0.4, 0.5) is 10.6 Å². The number of anilines is 1. The molecule has 15 heteroatoms. The van der Waals surface area contributed by atoms with Gasteiger partial charge >= 0.3 is 13.7 Å². The monoisotopic (exact) mass is 646 g/mol. The highest BCUT2D eigenvalue weighted by Gasteiger charge is 2.33. The van der Waals surface area contributed by atoms with E-state index in [0.717, 1.165) is 24.8 Å². The first-order valence-corrected chi connectivity index (χ1v) is 17.1. The van der Waals surface area contributed by atoms with Gasteiger partial charge in [-0.3, -0.25) is 14.2 Å². The zero-order valence-corrected chi connectivity index (χ0v) is 26.9. The van der Waals surface area contributed by atoms with E-state index in [-0.39, 0.29) is 44.4 Å². The summed E-state index contributed by atoms with van der Waals surface area (Å²) in [6, 6.07) is 7.90. The minimum absolute atomic E-state index is 0.0186. The second kappa shape index (κ2) is 15.6. The fraction of sp³-hybridized carbons (Fsp3) is 0.567. The molecule has 2 saturated heterocycles. The lowest BCUT2D eigenvalue weighted by molar-refractivity contribution is -0.134. The van der Waals surface area contributed by atoms with Crippen LogP contribution < -0.4 is 10.2 Å².